The van der Waals surface area contributed by atoms with E-state index in [1.807, 2.05) is 13.0 Å². The molecule has 106 valence electrons. The second kappa shape index (κ2) is 6.23. The van der Waals surface area contributed by atoms with Gasteiger partial charge in [0.15, 0.2) is 11.6 Å². The van der Waals surface area contributed by atoms with E-state index in [-0.39, 0.29) is 23.3 Å². The molecule has 1 amide bonds. The van der Waals surface area contributed by atoms with Crippen molar-refractivity contribution in [2.24, 2.45) is 0 Å². The largest absolute Gasteiger partial charge is 0.494 e. The normalized spacial score (nSPS) is 11.9. The van der Waals surface area contributed by atoms with E-state index >= 15 is 0 Å². The minimum Gasteiger partial charge on any atom is -0.494 e. The standard InChI is InChI=1S/C15H16FNO3/c1-10(7-11-5-6-20-9-11)17-15(18)12-3-4-14(19-2)13(16)8-12/h3-6,8-10H,7H2,1-2H3,(H,17,18). The number of nitrogens with one attached hydrogen (secondary N) is 1. The van der Waals surface area contributed by atoms with Gasteiger partial charge in [0.25, 0.3) is 5.91 Å². The first-order chi connectivity index (χ1) is 9.60. The number of amides is 1. The number of benzene rings is 1. The highest BCUT2D eigenvalue weighted by atomic mass is 19.1. The molecule has 1 atom stereocenters. The fourth-order valence-corrected chi connectivity index (χ4v) is 1.93. The molecule has 0 saturated carbocycles. The lowest BCUT2D eigenvalue weighted by molar-refractivity contribution is 0.0939. The van der Waals surface area contributed by atoms with Crippen LogP contribution in [0.2, 0.25) is 0 Å². The number of furan rings is 1. The third-order valence-corrected chi connectivity index (χ3v) is 2.91. The molecule has 1 unspecified atom stereocenters. The van der Waals surface area contributed by atoms with Gasteiger partial charge in [-0.1, -0.05) is 0 Å². The van der Waals surface area contributed by atoms with Crippen LogP contribution < -0.4 is 10.1 Å². The Morgan fingerprint density at radius 3 is 2.85 bits per heavy atom. The van der Waals surface area contributed by atoms with Gasteiger partial charge in [0.1, 0.15) is 0 Å². The predicted octanol–water partition coefficient (Wildman–Crippen LogP) is 2.79. The molecule has 1 aromatic carbocycles. The van der Waals surface area contributed by atoms with Gasteiger partial charge in [0, 0.05) is 11.6 Å². The van der Waals surface area contributed by atoms with Crippen LogP contribution in [0.15, 0.2) is 41.2 Å². The van der Waals surface area contributed by atoms with Crippen LogP contribution in [0, 0.1) is 5.82 Å². The summed E-state index contributed by atoms with van der Waals surface area (Å²) in [4.78, 5) is 12.0. The van der Waals surface area contributed by atoms with Gasteiger partial charge < -0.3 is 14.5 Å². The fraction of sp³-hybridized carbons (Fsp3) is 0.267. The molecular formula is C15H16FNO3. The minimum atomic E-state index is -0.553. The van der Waals surface area contributed by atoms with E-state index in [2.05, 4.69) is 5.32 Å². The summed E-state index contributed by atoms with van der Waals surface area (Å²) < 4.78 is 23.3. The SMILES string of the molecule is COc1ccc(C(=O)NC(C)Cc2ccoc2)cc1F. The van der Waals surface area contributed by atoms with E-state index in [9.17, 15) is 9.18 Å². The molecule has 0 fully saturated rings. The van der Waals surface area contributed by atoms with Crippen molar-refractivity contribution < 1.29 is 18.3 Å². The number of rotatable bonds is 5. The average molecular weight is 277 g/mol. The van der Waals surface area contributed by atoms with E-state index in [1.54, 1.807) is 12.5 Å². The number of hydrogen-bond acceptors (Lipinski definition) is 3. The molecule has 1 N–H and O–H groups in total. The Labute approximate surface area is 116 Å². The highest BCUT2D eigenvalue weighted by Crippen LogP contribution is 2.17. The number of methoxy groups -OCH3 is 1. The number of hydrogen-bond donors (Lipinski definition) is 1. The van der Waals surface area contributed by atoms with Crippen LogP contribution in [-0.4, -0.2) is 19.1 Å². The summed E-state index contributed by atoms with van der Waals surface area (Å²) in [6.45, 7) is 1.88. The summed E-state index contributed by atoms with van der Waals surface area (Å²) >= 11 is 0. The van der Waals surface area contributed by atoms with Gasteiger partial charge in [-0.3, -0.25) is 4.79 Å². The second-order valence-electron chi connectivity index (χ2n) is 4.56. The van der Waals surface area contributed by atoms with Crippen molar-refractivity contribution in [3.05, 3.63) is 53.7 Å². The molecule has 0 aliphatic carbocycles. The Kier molecular flexibility index (Phi) is 4.40. The van der Waals surface area contributed by atoms with Crippen molar-refractivity contribution in [3.63, 3.8) is 0 Å². The highest BCUT2D eigenvalue weighted by Gasteiger charge is 2.13. The van der Waals surface area contributed by atoms with Crippen molar-refractivity contribution in [2.75, 3.05) is 7.11 Å². The predicted molar refractivity (Wildman–Crippen MR) is 72.3 cm³/mol. The van der Waals surface area contributed by atoms with Crippen molar-refractivity contribution in [1.29, 1.82) is 0 Å². The molecule has 0 radical (unpaired) electrons. The van der Waals surface area contributed by atoms with E-state index in [0.29, 0.717) is 6.42 Å². The van der Waals surface area contributed by atoms with Gasteiger partial charge in [0.05, 0.1) is 19.6 Å². The fourth-order valence-electron chi connectivity index (χ4n) is 1.93. The number of halogens is 1. The monoisotopic (exact) mass is 277 g/mol. The van der Waals surface area contributed by atoms with Crippen LogP contribution in [-0.2, 0) is 6.42 Å². The maximum atomic E-state index is 13.5. The van der Waals surface area contributed by atoms with Crippen molar-refractivity contribution in [2.45, 2.75) is 19.4 Å². The lowest BCUT2D eigenvalue weighted by Gasteiger charge is -2.13. The molecule has 2 rings (SSSR count). The highest BCUT2D eigenvalue weighted by molar-refractivity contribution is 5.94. The zero-order valence-electron chi connectivity index (χ0n) is 11.4. The van der Waals surface area contributed by atoms with Crippen molar-refractivity contribution >= 4 is 5.91 Å². The van der Waals surface area contributed by atoms with Crippen LogP contribution in [0.3, 0.4) is 0 Å². The Morgan fingerprint density at radius 1 is 1.45 bits per heavy atom. The molecule has 2 aromatic rings. The first-order valence-electron chi connectivity index (χ1n) is 6.25. The molecule has 1 heterocycles. The molecule has 5 heteroatoms. The summed E-state index contributed by atoms with van der Waals surface area (Å²) in [5, 5.41) is 2.81. The molecule has 0 aliphatic rings. The number of carbonyl (C=O) groups is 1. The molecule has 0 spiro atoms. The summed E-state index contributed by atoms with van der Waals surface area (Å²) in [5.74, 6) is -0.752. The summed E-state index contributed by atoms with van der Waals surface area (Å²) in [5.41, 5.74) is 1.26. The van der Waals surface area contributed by atoms with Crippen LogP contribution >= 0.6 is 0 Å². The smallest absolute Gasteiger partial charge is 0.251 e. The molecule has 0 aliphatic heterocycles. The van der Waals surface area contributed by atoms with E-state index in [4.69, 9.17) is 9.15 Å². The van der Waals surface area contributed by atoms with E-state index in [1.165, 1.54) is 25.3 Å². The maximum Gasteiger partial charge on any atom is 0.251 e. The zero-order chi connectivity index (χ0) is 14.5. The third-order valence-electron chi connectivity index (χ3n) is 2.91. The van der Waals surface area contributed by atoms with Crippen molar-refractivity contribution in [1.82, 2.24) is 5.32 Å². The quantitative estimate of drug-likeness (QED) is 0.914. The molecule has 1 aromatic heterocycles. The first-order valence-corrected chi connectivity index (χ1v) is 6.25. The van der Waals surface area contributed by atoms with Crippen LogP contribution in [0.25, 0.3) is 0 Å². The van der Waals surface area contributed by atoms with E-state index < -0.39 is 5.82 Å². The van der Waals surface area contributed by atoms with Gasteiger partial charge in [-0.05, 0) is 43.2 Å². The van der Waals surface area contributed by atoms with Crippen LogP contribution in [0.1, 0.15) is 22.8 Å². The van der Waals surface area contributed by atoms with Gasteiger partial charge in [-0.15, -0.1) is 0 Å². The summed E-state index contributed by atoms with van der Waals surface area (Å²) in [6, 6.07) is 5.90. The minimum absolute atomic E-state index is 0.0785. The Balaban J connectivity index is 1.99. The second-order valence-corrected chi connectivity index (χ2v) is 4.56. The first kappa shape index (κ1) is 14.1. The summed E-state index contributed by atoms with van der Waals surface area (Å²) in [6.07, 6.45) is 3.87. The Hall–Kier alpha value is -2.30. The number of ether oxygens (including phenoxy) is 1. The van der Waals surface area contributed by atoms with E-state index in [0.717, 1.165) is 5.56 Å². The van der Waals surface area contributed by atoms with Gasteiger partial charge in [0.2, 0.25) is 0 Å². The van der Waals surface area contributed by atoms with Gasteiger partial charge in [-0.25, -0.2) is 4.39 Å². The molecule has 20 heavy (non-hydrogen) atoms. The topological polar surface area (TPSA) is 51.5 Å². The van der Waals surface area contributed by atoms with Gasteiger partial charge in [-0.2, -0.15) is 0 Å². The molecule has 0 saturated heterocycles. The average Bonchev–Trinajstić information content (AvgIpc) is 2.91. The van der Waals surface area contributed by atoms with Crippen LogP contribution in [0.5, 0.6) is 5.75 Å². The Bertz CT molecular complexity index is 581. The zero-order valence-corrected chi connectivity index (χ0v) is 11.4. The molecular weight excluding hydrogens is 261 g/mol. The Morgan fingerprint density at radius 2 is 2.25 bits per heavy atom. The lowest BCUT2D eigenvalue weighted by Crippen LogP contribution is -2.34. The third kappa shape index (κ3) is 3.38. The number of carbonyl (C=O) groups excluding carboxylic acids is 1. The van der Waals surface area contributed by atoms with Crippen LogP contribution in [0.4, 0.5) is 4.39 Å². The molecule has 0 bridgehead atoms. The lowest BCUT2D eigenvalue weighted by atomic mass is 10.1. The molecule has 4 nitrogen and oxygen atoms in total. The van der Waals surface area contributed by atoms with Gasteiger partial charge >= 0.3 is 0 Å². The van der Waals surface area contributed by atoms with Crippen molar-refractivity contribution in [3.8, 4) is 5.75 Å². The maximum absolute atomic E-state index is 13.5. The summed E-state index contributed by atoms with van der Waals surface area (Å²) in [7, 11) is 1.38.